The van der Waals surface area contributed by atoms with E-state index in [1.807, 2.05) is 19.0 Å². The number of hydrogen-bond donors (Lipinski definition) is 0. The predicted molar refractivity (Wildman–Crippen MR) is 72.0 cm³/mol. The Labute approximate surface area is 110 Å². The number of fused-ring (bicyclic) bond motifs is 1. The van der Waals surface area contributed by atoms with Gasteiger partial charge in [0.25, 0.3) is 0 Å². The number of hydrogen-bond acceptors (Lipinski definition) is 5. The van der Waals surface area contributed by atoms with E-state index in [1.54, 1.807) is 26.4 Å². The van der Waals surface area contributed by atoms with Gasteiger partial charge in [-0.1, -0.05) is 11.6 Å². The van der Waals surface area contributed by atoms with Gasteiger partial charge in [0, 0.05) is 26.2 Å². The minimum Gasteiger partial charge on any atom is -0.493 e. The summed E-state index contributed by atoms with van der Waals surface area (Å²) in [5.41, 5.74) is 1.38. The zero-order chi connectivity index (χ0) is 13.3. The normalized spacial score (nSPS) is 10.5. The molecule has 1 aromatic carbocycles. The van der Waals surface area contributed by atoms with Crippen LogP contribution in [0.25, 0.3) is 11.0 Å². The van der Waals surface area contributed by atoms with Crippen LogP contribution in [-0.4, -0.2) is 38.3 Å². The lowest BCUT2D eigenvalue weighted by Gasteiger charge is -2.14. The maximum absolute atomic E-state index is 6.08. The molecule has 2 rings (SSSR count). The first-order valence-corrected chi connectivity index (χ1v) is 5.71. The Morgan fingerprint density at radius 2 is 1.50 bits per heavy atom. The minimum atomic E-state index is 0.361. The zero-order valence-electron chi connectivity index (χ0n) is 10.7. The van der Waals surface area contributed by atoms with Crippen LogP contribution in [0.2, 0.25) is 5.15 Å². The second-order valence-corrected chi connectivity index (χ2v) is 4.29. The number of methoxy groups -OCH3 is 2. The lowest BCUT2D eigenvalue weighted by atomic mass is 10.2. The van der Waals surface area contributed by atoms with E-state index in [2.05, 4.69) is 9.97 Å². The second-order valence-electron chi connectivity index (χ2n) is 3.93. The van der Waals surface area contributed by atoms with Gasteiger partial charge in [-0.15, -0.1) is 0 Å². The summed E-state index contributed by atoms with van der Waals surface area (Å²) in [6.45, 7) is 0. The van der Waals surface area contributed by atoms with E-state index in [9.17, 15) is 0 Å². The van der Waals surface area contributed by atoms with Crippen molar-refractivity contribution in [2.75, 3.05) is 33.2 Å². The van der Waals surface area contributed by atoms with Crippen LogP contribution < -0.4 is 14.4 Å². The SMILES string of the molecule is COc1cc2nc(Cl)c(N(C)C)nc2cc1OC. The third-order valence-corrected chi connectivity index (χ3v) is 2.79. The van der Waals surface area contributed by atoms with Crippen LogP contribution in [0.3, 0.4) is 0 Å². The molecule has 0 spiro atoms. The van der Waals surface area contributed by atoms with E-state index >= 15 is 0 Å². The number of rotatable bonds is 3. The lowest BCUT2D eigenvalue weighted by molar-refractivity contribution is 0.355. The fraction of sp³-hybridized carbons (Fsp3) is 0.333. The van der Waals surface area contributed by atoms with Gasteiger partial charge >= 0.3 is 0 Å². The molecule has 0 N–H and O–H groups in total. The van der Waals surface area contributed by atoms with Crippen LogP contribution in [-0.2, 0) is 0 Å². The van der Waals surface area contributed by atoms with Crippen LogP contribution in [0.15, 0.2) is 12.1 Å². The van der Waals surface area contributed by atoms with E-state index < -0.39 is 0 Å². The number of anilines is 1. The molecule has 0 radical (unpaired) electrons. The molecule has 0 atom stereocenters. The third-order valence-electron chi connectivity index (χ3n) is 2.53. The van der Waals surface area contributed by atoms with Crippen LogP contribution in [0.1, 0.15) is 0 Å². The van der Waals surface area contributed by atoms with Gasteiger partial charge in [0.2, 0.25) is 0 Å². The van der Waals surface area contributed by atoms with E-state index in [0.29, 0.717) is 33.5 Å². The Bertz CT molecular complexity index is 587. The van der Waals surface area contributed by atoms with E-state index in [4.69, 9.17) is 21.1 Å². The average Bonchev–Trinajstić information content (AvgIpc) is 2.36. The summed E-state index contributed by atoms with van der Waals surface area (Å²) in [5, 5.41) is 0.361. The van der Waals surface area contributed by atoms with Crippen molar-refractivity contribution in [3.05, 3.63) is 17.3 Å². The first kappa shape index (κ1) is 12.7. The van der Waals surface area contributed by atoms with Crippen molar-refractivity contribution in [2.24, 2.45) is 0 Å². The highest BCUT2D eigenvalue weighted by molar-refractivity contribution is 6.32. The van der Waals surface area contributed by atoms with Crippen molar-refractivity contribution in [2.45, 2.75) is 0 Å². The molecular formula is C12H14ClN3O2. The molecule has 5 nitrogen and oxygen atoms in total. The Morgan fingerprint density at radius 1 is 1.00 bits per heavy atom. The molecular weight excluding hydrogens is 254 g/mol. The lowest BCUT2D eigenvalue weighted by Crippen LogP contribution is -2.12. The van der Waals surface area contributed by atoms with Gasteiger partial charge in [-0.05, 0) is 0 Å². The summed E-state index contributed by atoms with van der Waals surface area (Å²) in [4.78, 5) is 10.6. The zero-order valence-corrected chi connectivity index (χ0v) is 11.4. The molecule has 0 saturated carbocycles. The summed E-state index contributed by atoms with van der Waals surface area (Å²) in [6, 6.07) is 3.54. The van der Waals surface area contributed by atoms with E-state index in [0.717, 1.165) is 0 Å². The van der Waals surface area contributed by atoms with Gasteiger partial charge in [0.1, 0.15) is 0 Å². The maximum atomic E-state index is 6.08. The van der Waals surface area contributed by atoms with Crippen LogP contribution in [0.5, 0.6) is 11.5 Å². The molecule has 6 heteroatoms. The van der Waals surface area contributed by atoms with Crippen molar-refractivity contribution in [3.63, 3.8) is 0 Å². The number of benzene rings is 1. The molecule has 0 aliphatic heterocycles. The standard InChI is InChI=1S/C12H14ClN3O2/c1-16(2)12-11(13)14-7-5-9(17-3)10(18-4)6-8(7)15-12/h5-6H,1-4H3. The minimum absolute atomic E-state index is 0.361. The largest absolute Gasteiger partial charge is 0.493 e. The Hall–Kier alpha value is -1.75. The molecule has 0 amide bonds. The molecule has 0 unspecified atom stereocenters. The quantitative estimate of drug-likeness (QED) is 0.854. The van der Waals surface area contributed by atoms with Crippen molar-refractivity contribution in [1.82, 2.24) is 9.97 Å². The molecule has 0 aliphatic rings. The number of nitrogens with zero attached hydrogens (tertiary/aromatic N) is 3. The van der Waals surface area contributed by atoms with Crippen molar-refractivity contribution < 1.29 is 9.47 Å². The fourth-order valence-corrected chi connectivity index (χ4v) is 1.94. The molecule has 0 saturated heterocycles. The molecule has 0 fully saturated rings. The molecule has 1 heterocycles. The van der Waals surface area contributed by atoms with Gasteiger partial charge < -0.3 is 14.4 Å². The Balaban J connectivity index is 2.70. The monoisotopic (exact) mass is 267 g/mol. The highest BCUT2D eigenvalue weighted by Gasteiger charge is 2.12. The summed E-state index contributed by atoms with van der Waals surface area (Å²) < 4.78 is 10.5. The number of halogens is 1. The molecule has 96 valence electrons. The van der Waals surface area contributed by atoms with Gasteiger partial charge in [0.15, 0.2) is 22.5 Å². The fourth-order valence-electron chi connectivity index (χ4n) is 1.64. The number of aromatic nitrogens is 2. The molecule has 0 bridgehead atoms. The first-order valence-electron chi connectivity index (χ1n) is 5.33. The molecule has 18 heavy (non-hydrogen) atoms. The Morgan fingerprint density at radius 3 is 1.94 bits per heavy atom. The summed E-state index contributed by atoms with van der Waals surface area (Å²) in [6.07, 6.45) is 0. The molecule has 2 aromatic rings. The van der Waals surface area contributed by atoms with Crippen LogP contribution in [0.4, 0.5) is 5.82 Å². The maximum Gasteiger partial charge on any atom is 0.172 e. The van der Waals surface area contributed by atoms with Crippen molar-refractivity contribution >= 4 is 28.5 Å². The Kier molecular flexibility index (Phi) is 3.43. The first-order chi connectivity index (χ1) is 8.56. The highest BCUT2D eigenvalue weighted by atomic mass is 35.5. The van der Waals surface area contributed by atoms with E-state index in [-0.39, 0.29) is 0 Å². The summed E-state index contributed by atoms with van der Waals surface area (Å²) in [5.74, 6) is 1.84. The van der Waals surface area contributed by atoms with Crippen LogP contribution in [0, 0.1) is 0 Å². The van der Waals surface area contributed by atoms with Gasteiger partial charge in [-0.25, -0.2) is 9.97 Å². The third kappa shape index (κ3) is 2.13. The molecule has 1 aromatic heterocycles. The van der Waals surface area contributed by atoms with Crippen LogP contribution >= 0.6 is 11.6 Å². The molecule has 0 aliphatic carbocycles. The predicted octanol–water partition coefficient (Wildman–Crippen LogP) is 2.37. The van der Waals surface area contributed by atoms with Gasteiger partial charge in [0.05, 0.1) is 25.3 Å². The van der Waals surface area contributed by atoms with Gasteiger partial charge in [-0.2, -0.15) is 0 Å². The topological polar surface area (TPSA) is 47.5 Å². The van der Waals surface area contributed by atoms with E-state index in [1.165, 1.54) is 0 Å². The van der Waals surface area contributed by atoms with Gasteiger partial charge in [-0.3, -0.25) is 0 Å². The van der Waals surface area contributed by atoms with Crippen molar-refractivity contribution in [3.8, 4) is 11.5 Å². The number of ether oxygens (including phenoxy) is 2. The second kappa shape index (κ2) is 4.86. The summed E-state index contributed by atoms with van der Waals surface area (Å²) >= 11 is 6.08. The average molecular weight is 268 g/mol. The smallest absolute Gasteiger partial charge is 0.172 e. The van der Waals surface area contributed by atoms with Crippen molar-refractivity contribution in [1.29, 1.82) is 0 Å². The summed E-state index contributed by atoms with van der Waals surface area (Å²) in [7, 11) is 6.89. The highest BCUT2D eigenvalue weighted by Crippen LogP contribution is 2.32.